The number of benzene rings is 1. The predicted octanol–water partition coefficient (Wildman–Crippen LogP) is 0.987. The van der Waals surface area contributed by atoms with Gasteiger partial charge in [0.1, 0.15) is 37.1 Å². The van der Waals surface area contributed by atoms with Crippen LogP contribution in [0.25, 0.3) is 10.9 Å². The highest BCUT2D eigenvalue weighted by molar-refractivity contribution is 5.80. The molecule has 2 aromatic rings. The Morgan fingerprint density at radius 1 is 1.03 bits per heavy atom. The lowest BCUT2D eigenvalue weighted by molar-refractivity contribution is -0.273. The molecule has 2 saturated heterocycles. The summed E-state index contributed by atoms with van der Waals surface area (Å²) in [7, 11) is 0. The van der Waals surface area contributed by atoms with E-state index < -0.39 is 61.2 Å². The maximum absolute atomic E-state index is 12.3. The molecule has 2 aliphatic heterocycles. The Bertz CT molecular complexity index is 1050. The molecule has 1 aromatic carbocycles. The van der Waals surface area contributed by atoms with E-state index in [1.54, 1.807) is 17.7 Å². The number of ether oxygens (including phenoxy) is 4. The highest BCUT2D eigenvalue weighted by Crippen LogP contribution is 2.32. The molecule has 1 aromatic heterocycles. The lowest BCUT2D eigenvalue weighted by Gasteiger charge is -2.41. The number of rotatable bonds is 10. The normalized spacial score (nSPS) is 34.8. The average Bonchev–Trinajstić information content (AvgIpc) is 3.32. The summed E-state index contributed by atoms with van der Waals surface area (Å²) in [6.07, 6.45) is -5.34. The Hall–Kier alpha value is -2.09. The van der Waals surface area contributed by atoms with Crippen molar-refractivity contribution >= 4 is 16.9 Å². The fourth-order valence-electron chi connectivity index (χ4n) is 4.94. The largest absolute Gasteiger partial charge is 0.463 e. The van der Waals surface area contributed by atoms with E-state index in [0.717, 1.165) is 10.9 Å². The van der Waals surface area contributed by atoms with E-state index in [1.165, 1.54) is 0 Å². The second kappa shape index (κ2) is 12.8. The maximum Gasteiger partial charge on any atom is 0.305 e. The zero-order valence-electron chi connectivity index (χ0n) is 21.7. The van der Waals surface area contributed by atoms with Gasteiger partial charge in [-0.05, 0) is 44.2 Å². The van der Waals surface area contributed by atoms with E-state index in [4.69, 9.17) is 18.9 Å². The van der Waals surface area contributed by atoms with Crippen LogP contribution in [0.4, 0.5) is 0 Å². The molecule has 0 unspecified atom stereocenters. The summed E-state index contributed by atoms with van der Waals surface area (Å²) >= 11 is 0. The van der Waals surface area contributed by atoms with Crippen LogP contribution >= 0.6 is 0 Å². The molecular weight excluding hydrogens is 498 g/mol. The quantitative estimate of drug-likeness (QED) is 0.218. The zero-order chi connectivity index (χ0) is 27.4. The lowest BCUT2D eigenvalue weighted by atomic mass is 9.98. The molecule has 212 valence electrons. The molecule has 2 fully saturated rings. The van der Waals surface area contributed by atoms with Gasteiger partial charge >= 0.3 is 5.97 Å². The average molecular weight is 538 g/mol. The first-order valence-electron chi connectivity index (χ1n) is 13.2. The van der Waals surface area contributed by atoms with Gasteiger partial charge in [0.15, 0.2) is 12.5 Å². The van der Waals surface area contributed by atoms with Crippen molar-refractivity contribution in [3.05, 3.63) is 36.5 Å². The molecule has 11 nitrogen and oxygen atoms in total. The lowest BCUT2D eigenvalue weighted by Crippen LogP contribution is -2.56. The summed E-state index contributed by atoms with van der Waals surface area (Å²) in [5.41, 5.74) is 0.797. The number of nitrogens with zero attached hydrogens (tertiary/aromatic N) is 1. The second-order valence-corrected chi connectivity index (χ2v) is 10.3. The molecule has 4 rings (SSSR count). The van der Waals surface area contributed by atoms with Gasteiger partial charge in [-0.2, -0.15) is 0 Å². The highest BCUT2D eigenvalue weighted by Gasteiger charge is 2.45. The van der Waals surface area contributed by atoms with Crippen LogP contribution in [0.5, 0.6) is 0 Å². The van der Waals surface area contributed by atoms with Crippen LogP contribution in [0.3, 0.4) is 0 Å². The first-order valence-corrected chi connectivity index (χ1v) is 13.2. The first-order chi connectivity index (χ1) is 18.2. The van der Waals surface area contributed by atoms with E-state index in [1.807, 2.05) is 37.3 Å². The Morgan fingerprint density at radius 3 is 2.58 bits per heavy atom. The molecule has 0 saturated carbocycles. The number of aliphatic hydroxyl groups is 5. The van der Waals surface area contributed by atoms with Gasteiger partial charge in [0.25, 0.3) is 0 Å². The summed E-state index contributed by atoms with van der Waals surface area (Å²) < 4.78 is 24.2. The molecule has 5 N–H and O–H groups in total. The van der Waals surface area contributed by atoms with E-state index in [9.17, 15) is 30.3 Å². The van der Waals surface area contributed by atoms with Crippen molar-refractivity contribution in [1.29, 1.82) is 0 Å². The SMILES string of the molecule is C[C@H](CCCCC(=O)OC[C@H]1O[C@@H](n2ccc3ccccc32)[C@H](O)[C@@H](O)[C@H]1O)O[C@@H]1O[C@@H](C)[C@H](O)C[C@H]1O. The molecule has 0 radical (unpaired) electrons. The molecule has 0 aliphatic carbocycles. The number of unbranched alkanes of at least 4 members (excludes halogenated alkanes) is 1. The fourth-order valence-corrected chi connectivity index (χ4v) is 4.94. The van der Waals surface area contributed by atoms with Gasteiger partial charge in [0.2, 0.25) is 0 Å². The van der Waals surface area contributed by atoms with Crippen molar-refractivity contribution in [2.45, 2.75) is 107 Å². The molecular formula is C27H39NO10. The van der Waals surface area contributed by atoms with E-state index >= 15 is 0 Å². The Kier molecular flexibility index (Phi) is 9.77. The topological polar surface area (TPSA) is 160 Å². The third kappa shape index (κ3) is 6.72. The van der Waals surface area contributed by atoms with Crippen molar-refractivity contribution in [1.82, 2.24) is 4.57 Å². The number of esters is 1. The second-order valence-electron chi connectivity index (χ2n) is 10.3. The number of para-hydroxylation sites is 1. The Labute approximate surface area is 221 Å². The van der Waals surface area contributed by atoms with Crippen LogP contribution in [0.2, 0.25) is 0 Å². The van der Waals surface area contributed by atoms with E-state index in [0.29, 0.717) is 19.3 Å². The number of hydrogen-bond donors (Lipinski definition) is 5. The summed E-state index contributed by atoms with van der Waals surface area (Å²) in [5, 5.41) is 52.1. The number of aromatic nitrogens is 1. The van der Waals surface area contributed by atoms with Crippen molar-refractivity contribution in [2.24, 2.45) is 0 Å². The zero-order valence-corrected chi connectivity index (χ0v) is 21.7. The van der Waals surface area contributed by atoms with Crippen molar-refractivity contribution < 1.29 is 49.3 Å². The van der Waals surface area contributed by atoms with Crippen LogP contribution in [-0.4, -0.2) is 97.8 Å². The minimum atomic E-state index is -1.47. The van der Waals surface area contributed by atoms with Gasteiger partial charge in [-0.3, -0.25) is 4.79 Å². The molecule has 38 heavy (non-hydrogen) atoms. The smallest absolute Gasteiger partial charge is 0.305 e. The molecule has 0 bridgehead atoms. The van der Waals surface area contributed by atoms with Gasteiger partial charge in [0.05, 0.1) is 23.8 Å². The van der Waals surface area contributed by atoms with Crippen LogP contribution in [-0.2, 0) is 23.7 Å². The molecule has 11 heteroatoms. The van der Waals surface area contributed by atoms with Crippen LogP contribution in [0.15, 0.2) is 36.5 Å². The minimum absolute atomic E-state index is 0.151. The number of carbonyl (C=O) groups is 1. The van der Waals surface area contributed by atoms with Crippen LogP contribution < -0.4 is 0 Å². The third-order valence-electron chi connectivity index (χ3n) is 7.30. The van der Waals surface area contributed by atoms with Gasteiger partial charge in [-0.15, -0.1) is 0 Å². The molecule has 3 heterocycles. The van der Waals surface area contributed by atoms with E-state index in [2.05, 4.69) is 0 Å². The van der Waals surface area contributed by atoms with Gasteiger partial charge < -0.3 is 49.0 Å². The number of hydrogen-bond acceptors (Lipinski definition) is 10. The highest BCUT2D eigenvalue weighted by atomic mass is 16.7. The van der Waals surface area contributed by atoms with Crippen LogP contribution in [0, 0.1) is 0 Å². The summed E-state index contributed by atoms with van der Waals surface area (Å²) in [6, 6.07) is 9.38. The number of fused-ring (bicyclic) bond motifs is 1. The molecule has 0 amide bonds. The first kappa shape index (κ1) is 28.9. The van der Waals surface area contributed by atoms with Crippen molar-refractivity contribution in [3.8, 4) is 0 Å². The molecule has 2 aliphatic rings. The molecule has 0 spiro atoms. The van der Waals surface area contributed by atoms with Gasteiger partial charge in [-0.1, -0.05) is 24.6 Å². The van der Waals surface area contributed by atoms with Crippen molar-refractivity contribution in [3.63, 3.8) is 0 Å². The van der Waals surface area contributed by atoms with Gasteiger partial charge in [-0.25, -0.2) is 0 Å². The summed E-state index contributed by atoms with van der Waals surface area (Å²) in [4.78, 5) is 12.3. The van der Waals surface area contributed by atoms with Crippen molar-refractivity contribution in [2.75, 3.05) is 6.61 Å². The van der Waals surface area contributed by atoms with Crippen LogP contribution in [0.1, 0.15) is 52.2 Å². The summed E-state index contributed by atoms with van der Waals surface area (Å²) in [6.45, 7) is 3.32. The van der Waals surface area contributed by atoms with E-state index in [-0.39, 0.29) is 25.6 Å². The standard InChI is InChI=1S/C27H39NO10/c1-15(36-27-20(30)13-19(29)16(2)37-27)7-3-6-10-22(31)35-14-21-23(32)24(33)25(34)26(38-21)28-12-11-17-8-4-5-9-18(17)28/h4-5,8-9,11-12,15-16,19-21,23-27,29-30,32-34H,3,6-7,10,13-14H2,1-2H3/t15-,16+,19-,20-,21-,23+,24+,25-,26-,27-/m1/s1. The van der Waals surface area contributed by atoms with Gasteiger partial charge in [0, 0.05) is 19.0 Å². The molecule has 10 atom stereocenters. The Balaban J connectivity index is 1.20. The number of carbonyl (C=O) groups excluding carboxylic acids is 1. The summed E-state index contributed by atoms with van der Waals surface area (Å²) in [5.74, 6) is -0.466. The predicted molar refractivity (Wildman–Crippen MR) is 135 cm³/mol. The third-order valence-corrected chi connectivity index (χ3v) is 7.30. The number of aliphatic hydroxyl groups excluding tert-OH is 5. The Morgan fingerprint density at radius 2 is 1.79 bits per heavy atom. The maximum atomic E-state index is 12.3. The minimum Gasteiger partial charge on any atom is -0.463 e. The fraction of sp³-hybridized carbons (Fsp3) is 0.667. The monoisotopic (exact) mass is 537 g/mol.